The molecule has 2 N–H and O–H groups in total. The zero-order valence-corrected chi connectivity index (χ0v) is 10.1. The van der Waals surface area contributed by atoms with E-state index < -0.39 is 0 Å². The molecule has 5 heteroatoms. The van der Waals surface area contributed by atoms with Gasteiger partial charge in [0.05, 0.1) is 25.0 Å². The third-order valence-corrected chi connectivity index (χ3v) is 3.03. The van der Waals surface area contributed by atoms with E-state index in [1.165, 1.54) is 0 Å². The van der Waals surface area contributed by atoms with Gasteiger partial charge in [-0.1, -0.05) is 0 Å². The molecule has 5 nitrogen and oxygen atoms in total. The van der Waals surface area contributed by atoms with E-state index in [1.54, 1.807) is 18.1 Å². The Morgan fingerprint density at radius 3 is 2.71 bits per heavy atom. The van der Waals surface area contributed by atoms with Gasteiger partial charge in [0, 0.05) is 26.2 Å². The SMILES string of the molecule is COc1ccc(N2CCN(C)C(=O)C2)c(N)c1. The number of carbonyl (C=O) groups excluding carboxylic acids is 1. The summed E-state index contributed by atoms with van der Waals surface area (Å²) in [6.45, 7) is 1.91. The predicted molar refractivity (Wildman–Crippen MR) is 67.3 cm³/mol. The fourth-order valence-corrected chi connectivity index (χ4v) is 1.91. The van der Waals surface area contributed by atoms with Gasteiger partial charge in [-0.25, -0.2) is 0 Å². The zero-order valence-electron chi connectivity index (χ0n) is 10.1. The van der Waals surface area contributed by atoms with Crippen molar-refractivity contribution in [2.24, 2.45) is 0 Å². The monoisotopic (exact) mass is 235 g/mol. The van der Waals surface area contributed by atoms with E-state index in [-0.39, 0.29) is 5.91 Å². The van der Waals surface area contributed by atoms with Gasteiger partial charge in [-0.05, 0) is 12.1 Å². The second-order valence-corrected chi connectivity index (χ2v) is 4.16. The van der Waals surface area contributed by atoms with Crippen LogP contribution in [0.1, 0.15) is 0 Å². The maximum atomic E-state index is 11.6. The van der Waals surface area contributed by atoms with Gasteiger partial charge < -0.3 is 20.3 Å². The number of methoxy groups -OCH3 is 1. The van der Waals surface area contributed by atoms with Crippen LogP contribution in [0.15, 0.2) is 18.2 Å². The molecule has 1 aromatic carbocycles. The number of nitrogens with zero attached hydrogens (tertiary/aromatic N) is 2. The summed E-state index contributed by atoms with van der Waals surface area (Å²) >= 11 is 0. The Labute approximate surface area is 101 Å². The van der Waals surface area contributed by atoms with Crippen molar-refractivity contribution in [3.05, 3.63) is 18.2 Å². The molecule has 0 atom stereocenters. The molecule has 0 aliphatic carbocycles. The second-order valence-electron chi connectivity index (χ2n) is 4.16. The van der Waals surface area contributed by atoms with Gasteiger partial charge in [0.1, 0.15) is 5.75 Å². The van der Waals surface area contributed by atoms with Crippen LogP contribution in [0, 0.1) is 0 Å². The van der Waals surface area contributed by atoms with Crippen molar-refractivity contribution in [3.63, 3.8) is 0 Å². The third-order valence-electron chi connectivity index (χ3n) is 3.03. The summed E-state index contributed by atoms with van der Waals surface area (Å²) in [7, 11) is 3.42. The molecule has 0 unspecified atom stereocenters. The Kier molecular flexibility index (Phi) is 3.08. The molecule has 1 heterocycles. The summed E-state index contributed by atoms with van der Waals surface area (Å²) in [6.07, 6.45) is 0. The average Bonchev–Trinajstić information content (AvgIpc) is 2.32. The molecule has 1 saturated heterocycles. The Morgan fingerprint density at radius 2 is 2.12 bits per heavy atom. The van der Waals surface area contributed by atoms with Crippen LogP contribution in [0.5, 0.6) is 5.75 Å². The van der Waals surface area contributed by atoms with Gasteiger partial charge in [0.25, 0.3) is 0 Å². The number of nitrogen functional groups attached to an aromatic ring is 1. The average molecular weight is 235 g/mol. The van der Waals surface area contributed by atoms with Crippen molar-refractivity contribution >= 4 is 17.3 Å². The Balaban J connectivity index is 2.20. The Hall–Kier alpha value is -1.91. The number of ether oxygens (including phenoxy) is 1. The van der Waals surface area contributed by atoms with E-state index in [0.29, 0.717) is 12.2 Å². The number of amides is 1. The summed E-state index contributed by atoms with van der Waals surface area (Å²) in [5.41, 5.74) is 7.50. The fourth-order valence-electron chi connectivity index (χ4n) is 1.91. The summed E-state index contributed by atoms with van der Waals surface area (Å²) in [5, 5.41) is 0. The third kappa shape index (κ3) is 2.27. The molecular weight excluding hydrogens is 218 g/mol. The summed E-state index contributed by atoms with van der Waals surface area (Å²) in [5.74, 6) is 0.846. The Morgan fingerprint density at radius 1 is 1.35 bits per heavy atom. The highest BCUT2D eigenvalue weighted by atomic mass is 16.5. The Bertz CT molecular complexity index is 434. The van der Waals surface area contributed by atoms with Crippen LogP contribution >= 0.6 is 0 Å². The van der Waals surface area contributed by atoms with Gasteiger partial charge in [-0.15, -0.1) is 0 Å². The first kappa shape index (κ1) is 11.6. The van der Waals surface area contributed by atoms with Crippen LogP contribution < -0.4 is 15.4 Å². The van der Waals surface area contributed by atoms with Crippen LogP contribution in [-0.2, 0) is 4.79 Å². The van der Waals surface area contributed by atoms with Gasteiger partial charge in [0.15, 0.2) is 0 Å². The first-order valence-electron chi connectivity index (χ1n) is 5.54. The van der Waals surface area contributed by atoms with Crippen molar-refractivity contribution in [1.29, 1.82) is 0 Å². The van der Waals surface area contributed by atoms with E-state index in [4.69, 9.17) is 10.5 Å². The molecule has 1 aliphatic rings. The minimum Gasteiger partial charge on any atom is -0.497 e. The van der Waals surface area contributed by atoms with Crippen molar-refractivity contribution in [1.82, 2.24) is 4.90 Å². The van der Waals surface area contributed by atoms with Gasteiger partial charge >= 0.3 is 0 Å². The van der Waals surface area contributed by atoms with Crippen molar-refractivity contribution < 1.29 is 9.53 Å². The van der Waals surface area contributed by atoms with Crippen molar-refractivity contribution in [2.45, 2.75) is 0 Å². The number of hydrogen-bond acceptors (Lipinski definition) is 4. The molecular formula is C12H17N3O2. The van der Waals surface area contributed by atoms with Crippen molar-refractivity contribution in [2.75, 3.05) is 44.4 Å². The molecule has 1 fully saturated rings. The lowest BCUT2D eigenvalue weighted by molar-refractivity contribution is -0.129. The van der Waals surface area contributed by atoms with Crippen LogP contribution in [-0.4, -0.2) is 44.6 Å². The van der Waals surface area contributed by atoms with E-state index in [0.717, 1.165) is 24.5 Å². The van der Waals surface area contributed by atoms with Gasteiger partial charge in [-0.3, -0.25) is 4.79 Å². The number of likely N-dealkylation sites (N-methyl/N-ethyl adjacent to an activating group) is 1. The van der Waals surface area contributed by atoms with E-state index >= 15 is 0 Å². The minimum atomic E-state index is 0.117. The first-order chi connectivity index (χ1) is 8.11. The number of hydrogen-bond donors (Lipinski definition) is 1. The number of rotatable bonds is 2. The lowest BCUT2D eigenvalue weighted by atomic mass is 10.2. The van der Waals surface area contributed by atoms with Crippen LogP contribution in [0.4, 0.5) is 11.4 Å². The number of carbonyl (C=O) groups is 1. The maximum Gasteiger partial charge on any atom is 0.241 e. The largest absolute Gasteiger partial charge is 0.497 e. The van der Waals surface area contributed by atoms with Crippen LogP contribution in [0.3, 0.4) is 0 Å². The molecule has 0 saturated carbocycles. The smallest absolute Gasteiger partial charge is 0.241 e. The molecule has 0 radical (unpaired) electrons. The molecule has 1 aromatic rings. The number of anilines is 2. The van der Waals surface area contributed by atoms with Crippen molar-refractivity contribution in [3.8, 4) is 5.75 Å². The molecule has 2 rings (SSSR count). The molecule has 92 valence electrons. The zero-order chi connectivity index (χ0) is 12.4. The maximum absolute atomic E-state index is 11.6. The lowest BCUT2D eigenvalue weighted by Crippen LogP contribution is -2.48. The standard InChI is InChI=1S/C12H17N3O2/c1-14-5-6-15(8-12(14)16)11-4-3-9(17-2)7-10(11)13/h3-4,7H,5-6,8,13H2,1-2H3. The molecule has 0 spiro atoms. The lowest BCUT2D eigenvalue weighted by Gasteiger charge is -2.34. The van der Waals surface area contributed by atoms with Crippen LogP contribution in [0.25, 0.3) is 0 Å². The highest BCUT2D eigenvalue weighted by Gasteiger charge is 2.22. The highest BCUT2D eigenvalue weighted by Crippen LogP contribution is 2.28. The summed E-state index contributed by atoms with van der Waals surface area (Å²) < 4.78 is 5.10. The normalized spacial score (nSPS) is 16.2. The summed E-state index contributed by atoms with van der Waals surface area (Å²) in [6, 6.07) is 5.53. The second kappa shape index (κ2) is 4.53. The quantitative estimate of drug-likeness (QED) is 0.761. The molecule has 17 heavy (non-hydrogen) atoms. The molecule has 0 bridgehead atoms. The first-order valence-corrected chi connectivity index (χ1v) is 5.54. The fraction of sp³-hybridized carbons (Fsp3) is 0.417. The number of nitrogens with two attached hydrogens (primary N) is 1. The predicted octanol–water partition coefficient (Wildman–Crippen LogP) is 0.556. The number of piperazine rings is 1. The van der Waals surface area contributed by atoms with E-state index in [9.17, 15) is 4.79 Å². The summed E-state index contributed by atoms with van der Waals surface area (Å²) in [4.78, 5) is 15.4. The molecule has 1 aliphatic heterocycles. The highest BCUT2D eigenvalue weighted by molar-refractivity contribution is 5.84. The molecule has 0 aromatic heterocycles. The van der Waals surface area contributed by atoms with Gasteiger partial charge in [-0.2, -0.15) is 0 Å². The number of benzene rings is 1. The topological polar surface area (TPSA) is 58.8 Å². The molecule has 1 amide bonds. The van der Waals surface area contributed by atoms with E-state index in [1.807, 2.05) is 24.1 Å². The minimum absolute atomic E-state index is 0.117. The van der Waals surface area contributed by atoms with E-state index in [2.05, 4.69) is 0 Å². The van der Waals surface area contributed by atoms with Gasteiger partial charge in [0.2, 0.25) is 5.91 Å². The van der Waals surface area contributed by atoms with Crippen LogP contribution in [0.2, 0.25) is 0 Å².